The molecule has 1 aromatic carbocycles. The smallest absolute Gasteiger partial charge is 0.328 e. The average Bonchev–Trinajstić information content (AvgIpc) is 2.78. The van der Waals surface area contributed by atoms with Gasteiger partial charge in [0.15, 0.2) is 11.6 Å². The fourth-order valence-electron chi connectivity index (χ4n) is 3.16. The normalized spacial score (nSPS) is 28.0. The molecular formula is C16H18FNO3. The SMILES string of the molecule is O=C(O)/C=C/c1ccc(OC2CC3CCC(C2)N3)c(F)c1. The van der Waals surface area contributed by atoms with Gasteiger partial charge in [0, 0.05) is 18.2 Å². The molecule has 4 nitrogen and oxygen atoms in total. The fourth-order valence-corrected chi connectivity index (χ4v) is 3.16. The monoisotopic (exact) mass is 291 g/mol. The molecule has 2 unspecified atom stereocenters. The Morgan fingerprint density at radius 2 is 2.05 bits per heavy atom. The molecule has 2 fully saturated rings. The minimum absolute atomic E-state index is 0.0543. The highest BCUT2D eigenvalue weighted by Crippen LogP contribution is 2.30. The number of carboxylic acids is 1. The predicted molar refractivity (Wildman–Crippen MR) is 76.7 cm³/mol. The predicted octanol–water partition coefficient (Wildman–Crippen LogP) is 2.59. The van der Waals surface area contributed by atoms with E-state index < -0.39 is 11.8 Å². The van der Waals surface area contributed by atoms with Crippen LogP contribution in [0.25, 0.3) is 6.08 Å². The molecule has 2 aliphatic heterocycles. The second kappa shape index (κ2) is 5.85. The maximum absolute atomic E-state index is 14.0. The number of carbonyl (C=O) groups is 1. The van der Waals surface area contributed by atoms with Crippen molar-refractivity contribution in [2.45, 2.75) is 43.9 Å². The minimum atomic E-state index is -1.05. The van der Waals surface area contributed by atoms with Crippen molar-refractivity contribution in [1.82, 2.24) is 5.32 Å². The van der Waals surface area contributed by atoms with Crippen LogP contribution in [0.15, 0.2) is 24.3 Å². The Kier molecular flexibility index (Phi) is 3.92. The summed E-state index contributed by atoms with van der Waals surface area (Å²) in [7, 11) is 0. The van der Waals surface area contributed by atoms with E-state index in [-0.39, 0.29) is 11.9 Å². The van der Waals surface area contributed by atoms with Crippen LogP contribution in [0, 0.1) is 5.82 Å². The number of benzene rings is 1. The molecule has 112 valence electrons. The Hall–Kier alpha value is -1.88. The van der Waals surface area contributed by atoms with Crippen molar-refractivity contribution in [2.75, 3.05) is 0 Å². The molecule has 3 rings (SSSR count). The zero-order valence-corrected chi connectivity index (χ0v) is 11.6. The molecule has 0 amide bonds. The van der Waals surface area contributed by atoms with Crippen molar-refractivity contribution in [2.24, 2.45) is 0 Å². The van der Waals surface area contributed by atoms with E-state index in [1.165, 1.54) is 25.0 Å². The summed E-state index contributed by atoms with van der Waals surface area (Å²) in [5.41, 5.74) is 0.507. The molecule has 5 heteroatoms. The minimum Gasteiger partial charge on any atom is -0.487 e. The Bertz CT molecular complexity index is 561. The summed E-state index contributed by atoms with van der Waals surface area (Å²) < 4.78 is 19.8. The summed E-state index contributed by atoms with van der Waals surface area (Å²) in [5.74, 6) is -1.26. The molecule has 0 aliphatic carbocycles. The van der Waals surface area contributed by atoms with Crippen molar-refractivity contribution in [1.29, 1.82) is 0 Å². The van der Waals surface area contributed by atoms with Crippen LogP contribution in [-0.2, 0) is 4.79 Å². The third-order valence-electron chi connectivity index (χ3n) is 4.10. The molecule has 2 bridgehead atoms. The van der Waals surface area contributed by atoms with Crippen LogP contribution in [0.2, 0.25) is 0 Å². The molecule has 2 N–H and O–H groups in total. The number of aliphatic carboxylic acids is 1. The summed E-state index contributed by atoms with van der Waals surface area (Å²) in [5, 5.41) is 12.1. The summed E-state index contributed by atoms with van der Waals surface area (Å²) in [4.78, 5) is 10.4. The number of carboxylic acid groups (broad SMARTS) is 1. The third-order valence-corrected chi connectivity index (χ3v) is 4.10. The Morgan fingerprint density at radius 1 is 1.33 bits per heavy atom. The van der Waals surface area contributed by atoms with E-state index in [4.69, 9.17) is 9.84 Å². The number of halogens is 1. The van der Waals surface area contributed by atoms with Gasteiger partial charge in [0.25, 0.3) is 0 Å². The van der Waals surface area contributed by atoms with Gasteiger partial charge in [-0.2, -0.15) is 0 Å². The van der Waals surface area contributed by atoms with Crippen molar-refractivity contribution in [3.05, 3.63) is 35.7 Å². The molecule has 0 aromatic heterocycles. The molecule has 0 spiro atoms. The van der Waals surface area contributed by atoms with Crippen LogP contribution in [0.3, 0.4) is 0 Å². The van der Waals surface area contributed by atoms with Crippen LogP contribution < -0.4 is 10.1 Å². The van der Waals surface area contributed by atoms with Crippen LogP contribution in [0.1, 0.15) is 31.2 Å². The van der Waals surface area contributed by atoms with Gasteiger partial charge in [-0.25, -0.2) is 9.18 Å². The Balaban J connectivity index is 1.67. The van der Waals surface area contributed by atoms with E-state index in [9.17, 15) is 9.18 Å². The lowest BCUT2D eigenvalue weighted by Gasteiger charge is -2.29. The number of piperidine rings is 1. The highest BCUT2D eigenvalue weighted by Gasteiger charge is 2.34. The van der Waals surface area contributed by atoms with Crippen molar-refractivity contribution < 1.29 is 19.0 Å². The number of rotatable bonds is 4. The summed E-state index contributed by atoms with van der Waals surface area (Å²) in [6.07, 6.45) is 6.57. The lowest BCUT2D eigenvalue weighted by Crippen LogP contribution is -2.42. The molecule has 0 saturated carbocycles. The Morgan fingerprint density at radius 3 is 2.67 bits per heavy atom. The van der Waals surface area contributed by atoms with Gasteiger partial charge in [0.05, 0.1) is 0 Å². The number of hydrogen-bond donors (Lipinski definition) is 2. The fraction of sp³-hybridized carbons (Fsp3) is 0.438. The molecule has 2 saturated heterocycles. The number of fused-ring (bicyclic) bond motifs is 2. The second-order valence-corrected chi connectivity index (χ2v) is 5.71. The summed E-state index contributed by atoms with van der Waals surface area (Å²) >= 11 is 0. The first-order valence-electron chi connectivity index (χ1n) is 7.23. The molecule has 2 aliphatic rings. The van der Waals surface area contributed by atoms with E-state index in [2.05, 4.69) is 5.32 Å². The first kappa shape index (κ1) is 14.1. The highest BCUT2D eigenvalue weighted by atomic mass is 19.1. The quantitative estimate of drug-likeness (QED) is 0.837. The highest BCUT2D eigenvalue weighted by molar-refractivity contribution is 5.85. The zero-order valence-electron chi connectivity index (χ0n) is 11.6. The van der Waals surface area contributed by atoms with Gasteiger partial charge in [0.2, 0.25) is 0 Å². The maximum Gasteiger partial charge on any atom is 0.328 e. The second-order valence-electron chi connectivity index (χ2n) is 5.71. The molecule has 0 radical (unpaired) electrons. The van der Waals surface area contributed by atoms with Crippen molar-refractivity contribution in [3.63, 3.8) is 0 Å². The largest absolute Gasteiger partial charge is 0.487 e. The summed E-state index contributed by atoms with van der Waals surface area (Å²) in [6, 6.07) is 5.52. The van der Waals surface area contributed by atoms with Gasteiger partial charge in [0.1, 0.15) is 6.10 Å². The Labute approximate surface area is 122 Å². The number of nitrogens with one attached hydrogen (secondary N) is 1. The average molecular weight is 291 g/mol. The standard InChI is InChI=1S/C16H18FNO3/c17-14-7-10(2-6-16(19)20)1-5-15(14)21-13-8-11-3-4-12(9-13)18-11/h1-2,5-7,11-13,18H,3-4,8-9H2,(H,19,20)/b6-2+. The number of hydrogen-bond acceptors (Lipinski definition) is 3. The molecule has 21 heavy (non-hydrogen) atoms. The molecule has 1 aromatic rings. The van der Waals surface area contributed by atoms with Crippen LogP contribution in [-0.4, -0.2) is 29.3 Å². The van der Waals surface area contributed by atoms with Crippen LogP contribution >= 0.6 is 0 Å². The van der Waals surface area contributed by atoms with E-state index >= 15 is 0 Å². The summed E-state index contributed by atoms with van der Waals surface area (Å²) in [6.45, 7) is 0. The van der Waals surface area contributed by atoms with Crippen molar-refractivity contribution >= 4 is 12.0 Å². The number of ether oxygens (including phenoxy) is 1. The molecule has 2 atom stereocenters. The van der Waals surface area contributed by atoms with Gasteiger partial charge in [-0.15, -0.1) is 0 Å². The van der Waals surface area contributed by atoms with E-state index in [0.717, 1.165) is 18.9 Å². The maximum atomic E-state index is 14.0. The lowest BCUT2D eigenvalue weighted by molar-refractivity contribution is -0.131. The van der Waals surface area contributed by atoms with Gasteiger partial charge in [-0.3, -0.25) is 0 Å². The topological polar surface area (TPSA) is 58.6 Å². The van der Waals surface area contributed by atoms with Crippen LogP contribution in [0.5, 0.6) is 5.75 Å². The van der Waals surface area contributed by atoms with E-state index in [1.54, 1.807) is 12.1 Å². The van der Waals surface area contributed by atoms with E-state index in [0.29, 0.717) is 17.6 Å². The van der Waals surface area contributed by atoms with E-state index in [1.807, 2.05) is 0 Å². The van der Waals surface area contributed by atoms with Gasteiger partial charge >= 0.3 is 5.97 Å². The first-order valence-corrected chi connectivity index (χ1v) is 7.23. The van der Waals surface area contributed by atoms with Gasteiger partial charge in [-0.05, 0) is 49.5 Å². The van der Waals surface area contributed by atoms with Crippen LogP contribution in [0.4, 0.5) is 4.39 Å². The lowest BCUT2D eigenvalue weighted by atomic mass is 10.0. The third kappa shape index (κ3) is 3.42. The van der Waals surface area contributed by atoms with Crippen molar-refractivity contribution in [3.8, 4) is 5.75 Å². The zero-order chi connectivity index (χ0) is 14.8. The molecular weight excluding hydrogens is 273 g/mol. The first-order chi connectivity index (χ1) is 10.1. The van der Waals surface area contributed by atoms with Gasteiger partial charge < -0.3 is 15.2 Å². The molecule has 2 heterocycles. The van der Waals surface area contributed by atoms with Gasteiger partial charge in [-0.1, -0.05) is 6.07 Å².